The molecule has 1 amide bonds. The lowest BCUT2D eigenvalue weighted by Crippen LogP contribution is -2.35. The van der Waals surface area contributed by atoms with Crippen LogP contribution in [-0.2, 0) is 40.6 Å². The first-order valence-corrected chi connectivity index (χ1v) is 12.2. The third-order valence-electron chi connectivity index (χ3n) is 5.83. The summed E-state index contributed by atoms with van der Waals surface area (Å²) in [5.41, 5.74) is 3.37. The first-order valence-electron chi connectivity index (χ1n) is 9.92. The van der Waals surface area contributed by atoms with Gasteiger partial charge in [-0.05, 0) is 61.8 Å². The normalized spacial score (nSPS) is 19.7. The number of nitrogens with zero attached hydrogens (tertiary/aromatic N) is 2. The molecule has 0 spiro atoms. The van der Waals surface area contributed by atoms with Crippen LogP contribution in [0.3, 0.4) is 0 Å². The van der Waals surface area contributed by atoms with E-state index in [9.17, 15) is 13.2 Å². The van der Waals surface area contributed by atoms with E-state index in [-0.39, 0.29) is 11.8 Å². The third kappa shape index (κ3) is 3.38. The highest BCUT2D eigenvalue weighted by Gasteiger charge is 2.33. The minimum atomic E-state index is -3.53. The lowest BCUT2D eigenvalue weighted by atomic mass is 9.92. The lowest BCUT2D eigenvalue weighted by molar-refractivity contribution is -0.117. The number of nitrogens with one attached hydrogen (secondary N) is 1. The van der Waals surface area contributed by atoms with Crippen LogP contribution < -0.4 is 5.32 Å². The third-order valence-corrected chi connectivity index (χ3v) is 8.67. The van der Waals surface area contributed by atoms with Crippen LogP contribution in [0.2, 0.25) is 0 Å². The van der Waals surface area contributed by atoms with Crippen molar-refractivity contribution >= 4 is 32.4 Å². The second-order valence-corrected chi connectivity index (χ2v) is 10.9. The summed E-state index contributed by atoms with van der Waals surface area (Å²) < 4.78 is 28.0. The fourth-order valence-corrected chi connectivity index (χ4v) is 6.57. The Hall–Kier alpha value is -1.77. The summed E-state index contributed by atoms with van der Waals surface area (Å²) in [4.78, 5) is 17.8. The molecule has 1 N–H and O–H groups in total. The smallest absolute Gasteiger partial charge is 0.243 e. The topological polar surface area (TPSA) is 79.4 Å². The highest BCUT2D eigenvalue weighted by molar-refractivity contribution is 7.89. The zero-order chi connectivity index (χ0) is 19.3. The molecule has 0 atom stereocenters. The molecule has 1 aromatic carbocycles. The molecule has 1 aromatic heterocycles. The van der Waals surface area contributed by atoms with E-state index in [1.54, 1.807) is 10.4 Å². The van der Waals surface area contributed by atoms with Crippen molar-refractivity contribution < 1.29 is 13.2 Å². The molecule has 1 aliphatic heterocycles. The Bertz CT molecular complexity index is 1040. The molecular weight excluding hydrogens is 394 g/mol. The van der Waals surface area contributed by atoms with Gasteiger partial charge in [-0.25, -0.2) is 13.4 Å². The number of rotatable bonds is 4. The summed E-state index contributed by atoms with van der Waals surface area (Å²) in [6, 6.07) is 5.60. The predicted molar refractivity (Wildman–Crippen MR) is 108 cm³/mol. The van der Waals surface area contributed by atoms with E-state index in [1.807, 2.05) is 12.1 Å². The van der Waals surface area contributed by atoms with Crippen LogP contribution in [-0.4, -0.2) is 30.2 Å². The molecule has 1 fully saturated rings. The molecule has 2 aliphatic carbocycles. The number of benzene rings is 1. The van der Waals surface area contributed by atoms with Crippen molar-refractivity contribution in [2.75, 3.05) is 11.9 Å². The van der Waals surface area contributed by atoms with Crippen molar-refractivity contribution in [3.63, 3.8) is 0 Å². The largest absolute Gasteiger partial charge is 0.302 e. The Morgan fingerprint density at radius 3 is 2.71 bits per heavy atom. The van der Waals surface area contributed by atoms with Gasteiger partial charge in [-0.3, -0.25) is 4.79 Å². The van der Waals surface area contributed by atoms with Gasteiger partial charge in [0.05, 0.1) is 17.1 Å². The molecule has 0 radical (unpaired) electrons. The molecule has 2 aromatic rings. The van der Waals surface area contributed by atoms with Gasteiger partial charge in [-0.15, -0.1) is 11.3 Å². The zero-order valence-corrected chi connectivity index (χ0v) is 17.2. The van der Waals surface area contributed by atoms with Gasteiger partial charge >= 0.3 is 0 Å². The van der Waals surface area contributed by atoms with Gasteiger partial charge in [0.2, 0.25) is 15.9 Å². The van der Waals surface area contributed by atoms with E-state index in [4.69, 9.17) is 0 Å². The number of carbonyl (C=O) groups excluding carboxylic acids is 1. The number of hydrogen-bond donors (Lipinski definition) is 1. The van der Waals surface area contributed by atoms with Crippen LogP contribution in [0.4, 0.5) is 5.13 Å². The maximum absolute atomic E-state index is 13.2. The van der Waals surface area contributed by atoms with Gasteiger partial charge in [-0.1, -0.05) is 6.07 Å². The molecular formula is C20H23N3O3S2. The van der Waals surface area contributed by atoms with Crippen molar-refractivity contribution in [3.8, 4) is 0 Å². The van der Waals surface area contributed by atoms with Gasteiger partial charge in [0, 0.05) is 23.8 Å². The predicted octanol–water partition coefficient (Wildman–Crippen LogP) is 3.12. The van der Waals surface area contributed by atoms with E-state index >= 15 is 0 Å². The molecule has 0 saturated heterocycles. The average molecular weight is 418 g/mol. The van der Waals surface area contributed by atoms with Crippen molar-refractivity contribution in [1.29, 1.82) is 0 Å². The first-order chi connectivity index (χ1) is 13.5. The van der Waals surface area contributed by atoms with Crippen LogP contribution in [0.15, 0.2) is 23.1 Å². The van der Waals surface area contributed by atoms with Gasteiger partial charge in [0.1, 0.15) is 0 Å². The summed E-state index contributed by atoms with van der Waals surface area (Å²) >= 11 is 1.40. The Kier molecular flexibility index (Phi) is 4.52. The van der Waals surface area contributed by atoms with Crippen molar-refractivity contribution in [3.05, 3.63) is 39.9 Å². The van der Waals surface area contributed by atoms with Gasteiger partial charge in [0.25, 0.3) is 0 Å². The van der Waals surface area contributed by atoms with E-state index in [2.05, 4.69) is 10.3 Å². The minimum absolute atomic E-state index is 0.0321. The number of aryl methyl sites for hydroxylation is 2. The molecule has 0 bridgehead atoms. The van der Waals surface area contributed by atoms with Crippen molar-refractivity contribution in [1.82, 2.24) is 9.29 Å². The fraction of sp³-hybridized carbons (Fsp3) is 0.500. The molecule has 8 heteroatoms. The van der Waals surface area contributed by atoms with Crippen molar-refractivity contribution in [2.24, 2.45) is 5.92 Å². The lowest BCUT2D eigenvalue weighted by Gasteiger charge is -2.26. The summed E-state index contributed by atoms with van der Waals surface area (Å²) in [6.45, 7) is 0.748. The van der Waals surface area contributed by atoms with E-state index in [1.165, 1.54) is 28.9 Å². The molecule has 0 unspecified atom stereocenters. The molecule has 1 saturated carbocycles. The maximum Gasteiger partial charge on any atom is 0.243 e. The summed E-state index contributed by atoms with van der Waals surface area (Å²) in [5, 5.41) is 3.47. The minimum Gasteiger partial charge on any atom is -0.302 e. The van der Waals surface area contributed by atoms with Crippen LogP contribution in [0.25, 0.3) is 0 Å². The standard InChI is InChI=1S/C20H23N3O3S2/c24-19(14-5-6-14)22-20-21-17-9-10-23(12-18(17)27-20)28(25,26)16-8-7-13-3-1-2-4-15(13)11-16/h7-8,11,14H,1-6,9-10,12H2,(H,21,22,24). The Balaban J connectivity index is 1.36. The molecule has 28 heavy (non-hydrogen) atoms. The quantitative estimate of drug-likeness (QED) is 0.829. The molecule has 5 rings (SSSR count). The number of aromatic nitrogens is 1. The second-order valence-electron chi connectivity index (χ2n) is 7.88. The number of anilines is 1. The second kappa shape index (κ2) is 6.93. The van der Waals surface area contributed by atoms with Gasteiger partial charge < -0.3 is 5.32 Å². The Morgan fingerprint density at radius 1 is 1.14 bits per heavy atom. The summed E-state index contributed by atoms with van der Waals surface area (Å²) in [7, 11) is -3.53. The van der Waals surface area contributed by atoms with Crippen LogP contribution in [0.1, 0.15) is 47.4 Å². The van der Waals surface area contributed by atoms with E-state index in [0.717, 1.165) is 42.7 Å². The van der Waals surface area contributed by atoms with Crippen LogP contribution >= 0.6 is 11.3 Å². The van der Waals surface area contributed by atoms with E-state index in [0.29, 0.717) is 29.5 Å². The first kappa shape index (κ1) is 18.3. The Labute approximate surface area is 169 Å². The molecule has 148 valence electrons. The average Bonchev–Trinajstić information content (AvgIpc) is 3.47. The zero-order valence-electron chi connectivity index (χ0n) is 15.6. The molecule has 3 aliphatic rings. The van der Waals surface area contributed by atoms with Crippen LogP contribution in [0.5, 0.6) is 0 Å². The Morgan fingerprint density at radius 2 is 1.93 bits per heavy atom. The molecule has 6 nitrogen and oxygen atoms in total. The van der Waals surface area contributed by atoms with Crippen LogP contribution in [0, 0.1) is 5.92 Å². The highest BCUT2D eigenvalue weighted by Crippen LogP contribution is 2.34. The fourth-order valence-electron chi connectivity index (χ4n) is 4.00. The number of hydrogen-bond acceptors (Lipinski definition) is 5. The SMILES string of the molecule is O=C(Nc1nc2c(s1)CN(S(=O)(=O)c1ccc3c(c1)CCCC3)CC2)C1CC1. The number of amides is 1. The van der Waals surface area contributed by atoms with E-state index < -0.39 is 10.0 Å². The number of carbonyl (C=O) groups is 1. The number of thiazole rings is 1. The number of sulfonamides is 1. The molecule has 2 heterocycles. The maximum atomic E-state index is 13.2. The summed E-state index contributed by atoms with van der Waals surface area (Å²) in [6.07, 6.45) is 6.78. The summed E-state index contributed by atoms with van der Waals surface area (Å²) in [5.74, 6) is 0.159. The highest BCUT2D eigenvalue weighted by atomic mass is 32.2. The monoisotopic (exact) mass is 417 g/mol. The van der Waals surface area contributed by atoms with Gasteiger partial charge in [0.15, 0.2) is 5.13 Å². The van der Waals surface area contributed by atoms with Gasteiger partial charge in [-0.2, -0.15) is 4.31 Å². The van der Waals surface area contributed by atoms with Crippen molar-refractivity contribution in [2.45, 2.75) is 56.4 Å². The number of fused-ring (bicyclic) bond motifs is 2.